The first-order valence-corrected chi connectivity index (χ1v) is 4.14. The quantitative estimate of drug-likeness (QED) is 0.359. The predicted octanol–water partition coefficient (Wildman–Crippen LogP) is -5.43. The molecule has 0 aromatic heterocycles. The van der Waals surface area contributed by atoms with E-state index in [1.807, 2.05) is 0 Å². The molecule has 0 aromatic carbocycles. The summed E-state index contributed by atoms with van der Waals surface area (Å²) in [6, 6.07) is -1.17. The van der Waals surface area contributed by atoms with Crippen molar-refractivity contribution in [2.75, 3.05) is 6.61 Å². The molecule has 2 fully saturated rings. The number of carbonyl (C=O) groups is 2. The van der Waals surface area contributed by atoms with Crippen LogP contribution in [0.4, 0.5) is 0 Å². The summed E-state index contributed by atoms with van der Waals surface area (Å²) in [4.78, 5) is 22.9. The van der Waals surface area contributed by atoms with Crippen molar-refractivity contribution in [2.24, 2.45) is 0 Å². The van der Waals surface area contributed by atoms with E-state index in [1.165, 1.54) is 6.08 Å². The molecule has 2 heterocycles. The van der Waals surface area contributed by atoms with Crippen molar-refractivity contribution in [1.29, 1.82) is 0 Å². The van der Waals surface area contributed by atoms with E-state index in [0.717, 1.165) is 4.90 Å². The van der Waals surface area contributed by atoms with Gasteiger partial charge in [-0.05, 0) is 6.08 Å². The number of carboxylic acid groups (broad SMARTS) is 1. The minimum Gasteiger partial charge on any atom is -0.547 e. The number of amides is 1. The number of fused-ring (bicyclic) bond motifs is 1. The predicted molar refractivity (Wildman–Crippen MR) is 40.3 cm³/mol. The SMILES string of the molecule is O=C([O-])C1C(=CCO)O[C@@H]2CC(=O)N12.[Li+]. The van der Waals surface area contributed by atoms with E-state index in [1.54, 1.807) is 0 Å². The van der Waals surface area contributed by atoms with Gasteiger partial charge in [-0.15, -0.1) is 0 Å². The number of aliphatic carboxylic acids is 1. The van der Waals surface area contributed by atoms with E-state index in [2.05, 4.69) is 0 Å². The Morgan fingerprint density at radius 2 is 2.40 bits per heavy atom. The van der Waals surface area contributed by atoms with E-state index in [9.17, 15) is 14.7 Å². The van der Waals surface area contributed by atoms with E-state index in [0.29, 0.717) is 0 Å². The Labute approximate surface area is 97.7 Å². The number of hydrogen-bond acceptors (Lipinski definition) is 5. The number of nitrogens with zero attached hydrogens (tertiary/aromatic N) is 1. The molecule has 0 radical (unpaired) electrons. The van der Waals surface area contributed by atoms with Crippen LogP contribution in [0.3, 0.4) is 0 Å². The Hall–Kier alpha value is -0.963. The molecule has 0 aliphatic carbocycles. The number of ether oxygens (including phenoxy) is 1. The van der Waals surface area contributed by atoms with E-state index >= 15 is 0 Å². The summed E-state index contributed by atoms with van der Waals surface area (Å²) in [5, 5.41) is 19.3. The second kappa shape index (κ2) is 4.27. The van der Waals surface area contributed by atoms with Crippen molar-refractivity contribution in [3.8, 4) is 0 Å². The first-order chi connectivity index (χ1) is 6.65. The maximum atomic E-state index is 11.0. The monoisotopic (exact) mass is 205 g/mol. The molecule has 2 saturated heterocycles. The Kier molecular flexibility index (Phi) is 3.45. The zero-order valence-corrected chi connectivity index (χ0v) is 8.17. The number of aliphatic hydroxyl groups excluding tert-OH is 1. The number of β-lactam (4-membered cyclic amide) rings is 1. The maximum absolute atomic E-state index is 11.0. The van der Waals surface area contributed by atoms with Gasteiger partial charge in [0.25, 0.3) is 0 Å². The van der Waals surface area contributed by atoms with Crippen molar-refractivity contribution in [1.82, 2.24) is 4.90 Å². The summed E-state index contributed by atoms with van der Waals surface area (Å²) in [6.07, 6.45) is 0.918. The fourth-order valence-electron chi connectivity index (χ4n) is 1.65. The van der Waals surface area contributed by atoms with Crippen molar-refractivity contribution in [3.63, 3.8) is 0 Å². The van der Waals surface area contributed by atoms with Crippen LogP contribution in [0, 0.1) is 0 Å². The number of carboxylic acids is 1. The molecule has 15 heavy (non-hydrogen) atoms. The normalized spacial score (nSPS) is 30.3. The summed E-state index contributed by atoms with van der Waals surface area (Å²) >= 11 is 0. The summed E-state index contributed by atoms with van der Waals surface area (Å²) < 4.78 is 5.13. The smallest absolute Gasteiger partial charge is 0.547 e. The van der Waals surface area contributed by atoms with Gasteiger partial charge < -0.3 is 19.7 Å². The number of rotatable bonds is 2. The topological polar surface area (TPSA) is 89.9 Å². The van der Waals surface area contributed by atoms with Crippen LogP contribution in [0.15, 0.2) is 11.8 Å². The second-order valence-corrected chi connectivity index (χ2v) is 3.09. The summed E-state index contributed by atoms with van der Waals surface area (Å²) in [5.41, 5.74) is 0. The average molecular weight is 205 g/mol. The van der Waals surface area contributed by atoms with Gasteiger partial charge in [0, 0.05) is 0 Å². The van der Waals surface area contributed by atoms with E-state index in [-0.39, 0.29) is 43.6 Å². The van der Waals surface area contributed by atoms with Gasteiger partial charge in [-0.25, -0.2) is 0 Å². The molecule has 1 unspecified atom stereocenters. The molecule has 6 nitrogen and oxygen atoms in total. The molecule has 2 rings (SSSR count). The van der Waals surface area contributed by atoms with Crippen LogP contribution in [0.2, 0.25) is 0 Å². The van der Waals surface area contributed by atoms with Crippen LogP contribution >= 0.6 is 0 Å². The van der Waals surface area contributed by atoms with E-state index < -0.39 is 18.2 Å². The fraction of sp³-hybridized carbons (Fsp3) is 0.500. The molecule has 0 bridgehead atoms. The zero-order valence-electron chi connectivity index (χ0n) is 8.17. The Bertz CT molecular complexity index is 329. The van der Waals surface area contributed by atoms with Crippen molar-refractivity contribution >= 4 is 11.9 Å². The molecule has 76 valence electrons. The van der Waals surface area contributed by atoms with Gasteiger partial charge in [0.15, 0.2) is 6.23 Å². The van der Waals surface area contributed by atoms with Crippen molar-refractivity contribution in [2.45, 2.75) is 18.7 Å². The van der Waals surface area contributed by atoms with Gasteiger partial charge in [-0.3, -0.25) is 9.69 Å². The van der Waals surface area contributed by atoms with Gasteiger partial charge in [-0.2, -0.15) is 0 Å². The minimum atomic E-state index is -1.39. The van der Waals surface area contributed by atoms with Crippen LogP contribution in [0.1, 0.15) is 6.42 Å². The molecule has 0 spiro atoms. The molecule has 1 amide bonds. The third-order valence-corrected chi connectivity index (χ3v) is 2.28. The van der Waals surface area contributed by atoms with Crippen LogP contribution < -0.4 is 24.0 Å². The van der Waals surface area contributed by atoms with Gasteiger partial charge in [-0.1, -0.05) is 0 Å². The molecule has 0 aromatic rings. The van der Waals surface area contributed by atoms with Crippen molar-refractivity contribution in [3.05, 3.63) is 11.8 Å². The van der Waals surface area contributed by atoms with Gasteiger partial charge in [0.1, 0.15) is 11.8 Å². The molecular formula is C8H8LiNO5. The molecule has 0 saturated carbocycles. The summed E-state index contributed by atoms with van der Waals surface area (Å²) in [5.74, 6) is -1.57. The van der Waals surface area contributed by atoms with Gasteiger partial charge in [0.2, 0.25) is 5.91 Å². The average Bonchev–Trinajstić information content (AvgIpc) is 2.39. The third-order valence-electron chi connectivity index (χ3n) is 2.28. The number of hydrogen-bond donors (Lipinski definition) is 1. The van der Waals surface area contributed by atoms with Crippen LogP contribution in [-0.2, 0) is 14.3 Å². The first kappa shape index (κ1) is 12.1. The molecule has 2 atom stereocenters. The fourth-order valence-corrected chi connectivity index (χ4v) is 1.65. The van der Waals surface area contributed by atoms with Crippen molar-refractivity contribution < 1.29 is 43.4 Å². The molecule has 1 N–H and O–H groups in total. The zero-order chi connectivity index (χ0) is 10.3. The third kappa shape index (κ3) is 1.76. The van der Waals surface area contributed by atoms with E-state index in [4.69, 9.17) is 9.84 Å². The Morgan fingerprint density at radius 1 is 1.73 bits per heavy atom. The Morgan fingerprint density at radius 3 is 2.87 bits per heavy atom. The largest absolute Gasteiger partial charge is 1.00 e. The molecule has 7 heteroatoms. The Balaban J connectivity index is 0.00000112. The molecule has 2 aliphatic rings. The maximum Gasteiger partial charge on any atom is 1.00 e. The summed E-state index contributed by atoms with van der Waals surface area (Å²) in [6.45, 7) is -0.326. The number of carbonyl (C=O) groups excluding carboxylic acids is 2. The van der Waals surface area contributed by atoms with Crippen LogP contribution in [-0.4, -0.2) is 40.8 Å². The van der Waals surface area contributed by atoms with Gasteiger partial charge >= 0.3 is 18.9 Å². The molecule has 2 aliphatic heterocycles. The summed E-state index contributed by atoms with van der Waals surface area (Å²) in [7, 11) is 0. The molecular weight excluding hydrogens is 197 g/mol. The number of aliphatic hydroxyl groups is 1. The van der Waals surface area contributed by atoms with Gasteiger partial charge in [0.05, 0.1) is 19.0 Å². The second-order valence-electron chi connectivity index (χ2n) is 3.09. The van der Waals surface area contributed by atoms with Crippen LogP contribution in [0.5, 0.6) is 0 Å². The standard InChI is InChI=1S/C8H9NO5.Li/c10-2-1-4-7(8(12)13)9-5(11)3-6(9)14-4;/h1,6-7,10H,2-3H2,(H,12,13);/q;+1/p-1/t6-,7?;/m1./s1. The first-order valence-electron chi connectivity index (χ1n) is 4.14. The van der Waals surface area contributed by atoms with Crippen LogP contribution in [0.25, 0.3) is 0 Å². The minimum absolute atomic E-state index is 0.